The molecule has 7 heteroatoms. The number of nitrogens with zero attached hydrogens (tertiary/aromatic N) is 2. The van der Waals surface area contributed by atoms with Crippen LogP contribution < -0.4 is 0 Å². The minimum atomic E-state index is -4.00. The third kappa shape index (κ3) is 3.66. The standard InChI is InChI=1S/C15H16F2N2O2S/c1-2-19(10-8-13-5-3-4-9-18-13)22(20,21)15-7-6-12(16)11-14(15)17/h3-7,9,11H,2,8,10H2,1H3. The first-order chi connectivity index (χ1) is 10.4. The minimum absolute atomic E-state index is 0.173. The number of hydrogen-bond acceptors (Lipinski definition) is 3. The molecule has 0 saturated heterocycles. The number of halogens is 2. The molecule has 0 aliphatic rings. The molecular weight excluding hydrogens is 310 g/mol. The van der Waals surface area contributed by atoms with Gasteiger partial charge in [-0.3, -0.25) is 4.98 Å². The minimum Gasteiger partial charge on any atom is -0.261 e. The van der Waals surface area contributed by atoms with E-state index in [0.29, 0.717) is 12.5 Å². The zero-order valence-corrected chi connectivity index (χ0v) is 12.9. The van der Waals surface area contributed by atoms with Crippen molar-refractivity contribution in [3.05, 3.63) is 59.9 Å². The van der Waals surface area contributed by atoms with Crippen molar-refractivity contribution in [2.45, 2.75) is 18.2 Å². The predicted octanol–water partition coefficient (Wildman–Crippen LogP) is 2.61. The summed E-state index contributed by atoms with van der Waals surface area (Å²) in [5.74, 6) is -1.90. The van der Waals surface area contributed by atoms with Crippen LogP contribution in [-0.2, 0) is 16.4 Å². The molecule has 2 rings (SSSR count). The summed E-state index contributed by atoms with van der Waals surface area (Å²) in [5.41, 5.74) is 0.746. The molecule has 0 aliphatic heterocycles. The number of pyridine rings is 1. The van der Waals surface area contributed by atoms with E-state index >= 15 is 0 Å². The van der Waals surface area contributed by atoms with Gasteiger partial charge in [0.25, 0.3) is 0 Å². The van der Waals surface area contributed by atoms with Crippen LogP contribution in [0.2, 0.25) is 0 Å². The van der Waals surface area contributed by atoms with Crippen molar-refractivity contribution in [2.24, 2.45) is 0 Å². The molecule has 0 fully saturated rings. The SMILES string of the molecule is CCN(CCc1ccccn1)S(=O)(=O)c1ccc(F)cc1F. The summed E-state index contributed by atoms with van der Waals surface area (Å²) in [6, 6.07) is 7.82. The van der Waals surface area contributed by atoms with Gasteiger partial charge in [-0.2, -0.15) is 4.31 Å². The van der Waals surface area contributed by atoms with Gasteiger partial charge >= 0.3 is 0 Å². The van der Waals surface area contributed by atoms with Crippen molar-refractivity contribution in [2.75, 3.05) is 13.1 Å². The van der Waals surface area contributed by atoms with Gasteiger partial charge < -0.3 is 0 Å². The maximum atomic E-state index is 13.7. The lowest BCUT2D eigenvalue weighted by Gasteiger charge is -2.20. The highest BCUT2D eigenvalue weighted by atomic mass is 32.2. The maximum Gasteiger partial charge on any atom is 0.245 e. The van der Waals surface area contributed by atoms with E-state index in [4.69, 9.17) is 0 Å². The summed E-state index contributed by atoms with van der Waals surface area (Å²) in [5, 5.41) is 0. The molecule has 1 heterocycles. The molecule has 0 unspecified atom stereocenters. The molecule has 0 atom stereocenters. The third-order valence-corrected chi connectivity index (χ3v) is 5.22. The summed E-state index contributed by atoms with van der Waals surface area (Å²) in [7, 11) is -4.00. The van der Waals surface area contributed by atoms with Gasteiger partial charge in [0.15, 0.2) is 0 Å². The summed E-state index contributed by atoms with van der Waals surface area (Å²) in [6.07, 6.45) is 2.04. The quantitative estimate of drug-likeness (QED) is 0.820. The van der Waals surface area contributed by atoms with Gasteiger partial charge in [-0.05, 0) is 24.3 Å². The molecule has 22 heavy (non-hydrogen) atoms. The van der Waals surface area contributed by atoms with E-state index in [2.05, 4.69) is 4.98 Å². The number of sulfonamides is 1. The molecule has 0 radical (unpaired) electrons. The predicted molar refractivity (Wildman–Crippen MR) is 78.7 cm³/mol. The number of likely N-dealkylation sites (N-methyl/N-ethyl adjacent to an activating group) is 1. The first kappa shape index (κ1) is 16.5. The Morgan fingerprint density at radius 3 is 2.55 bits per heavy atom. The lowest BCUT2D eigenvalue weighted by Crippen LogP contribution is -2.33. The Bertz CT molecular complexity index is 736. The zero-order chi connectivity index (χ0) is 16.2. The summed E-state index contributed by atoms with van der Waals surface area (Å²) >= 11 is 0. The van der Waals surface area contributed by atoms with Crippen molar-refractivity contribution < 1.29 is 17.2 Å². The van der Waals surface area contributed by atoms with Crippen LogP contribution in [0, 0.1) is 11.6 Å². The highest BCUT2D eigenvalue weighted by Gasteiger charge is 2.26. The molecule has 0 amide bonds. The van der Waals surface area contributed by atoms with E-state index < -0.39 is 26.6 Å². The van der Waals surface area contributed by atoms with Crippen LogP contribution in [0.1, 0.15) is 12.6 Å². The normalized spacial score (nSPS) is 11.8. The third-order valence-electron chi connectivity index (χ3n) is 3.21. The van der Waals surface area contributed by atoms with E-state index in [1.807, 2.05) is 6.07 Å². The number of rotatable bonds is 6. The average molecular weight is 326 g/mol. The summed E-state index contributed by atoms with van der Waals surface area (Å²) in [6.45, 7) is 2.02. The van der Waals surface area contributed by atoms with Crippen LogP contribution in [0.15, 0.2) is 47.5 Å². The Labute approximate surface area is 128 Å². The Morgan fingerprint density at radius 2 is 1.95 bits per heavy atom. The Morgan fingerprint density at radius 1 is 1.18 bits per heavy atom. The fourth-order valence-corrected chi connectivity index (χ4v) is 3.55. The van der Waals surface area contributed by atoms with Crippen molar-refractivity contribution in [3.8, 4) is 0 Å². The van der Waals surface area contributed by atoms with Crippen molar-refractivity contribution in [1.82, 2.24) is 9.29 Å². The molecule has 0 saturated carbocycles. The second-order valence-electron chi connectivity index (χ2n) is 4.64. The monoisotopic (exact) mass is 326 g/mol. The Hall–Kier alpha value is -1.86. The van der Waals surface area contributed by atoms with Crippen LogP contribution in [-0.4, -0.2) is 30.8 Å². The van der Waals surface area contributed by atoms with Crippen LogP contribution in [0.4, 0.5) is 8.78 Å². The van der Waals surface area contributed by atoms with Crippen molar-refractivity contribution in [3.63, 3.8) is 0 Å². The molecule has 1 aromatic carbocycles. The van der Waals surface area contributed by atoms with Gasteiger partial charge in [0.1, 0.15) is 16.5 Å². The van der Waals surface area contributed by atoms with Gasteiger partial charge in [0, 0.05) is 37.5 Å². The van der Waals surface area contributed by atoms with Gasteiger partial charge in [-0.25, -0.2) is 17.2 Å². The smallest absolute Gasteiger partial charge is 0.245 e. The molecular formula is C15H16F2N2O2S. The highest BCUT2D eigenvalue weighted by molar-refractivity contribution is 7.89. The Kier molecular flexibility index (Phi) is 5.20. The van der Waals surface area contributed by atoms with Crippen LogP contribution in [0.3, 0.4) is 0 Å². The number of benzene rings is 1. The first-order valence-corrected chi connectivity index (χ1v) is 8.24. The summed E-state index contributed by atoms with van der Waals surface area (Å²) in [4.78, 5) is 3.61. The lowest BCUT2D eigenvalue weighted by molar-refractivity contribution is 0.424. The van der Waals surface area contributed by atoms with Crippen LogP contribution >= 0.6 is 0 Å². The van der Waals surface area contributed by atoms with Gasteiger partial charge in [-0.1, -0.05) is 13.0 Å². The van der Waals surface area contributed by atoms with E-state index in [1.165, 1.54) is 0 Å². The van der Waals surface area contributed by atoms with Crippen LogP contribution in [0.5, 0.6) is 0 Å². The average Bonchev–Trinajstić information content (AvgIpc) is 2.48. The first-order valence-electron chi connectivity index (χ1n) is 6.80. The molecule has 0 spiro atoms. The number of aromatic nitrogens is 1. The highest BCUT2D eigenvalue weighted by Crippen LogP contribution is 2.20. The molecule has 2 aromatic rings. The fourth-order valence-electron chi connectivity index (χ4n) is 2.06. The molecule has 4 nitrogen and oxygen atoms in total. The van der Waals surface area contributed by atoms with E-state index in [1.54, 1.807) is 25.3 Å². The maximum absolute atomic E-state index is 13.7. The Balaban J connectivity index is 2.21. The zero-order valence-electron chi connectivity index (χ0n) is 12.0. The molecule has 118 valence electrons. The molecule has 0 N–H and O–H groups in total. The second-order valence-corrected chi connectivity index (χ2v) is 6.55. The fraction of sp³-hybridized carbons (Fsp3) is 0.267. The van der Waals surface area contributed by atoms with Gasteiger partial charge in [0.2, 0.25) is 10.0 Å². The van der Waals surface area contributed by atoms with Gasteiger partial charge in [0.05, 0.1) is 0 Å². The summed E-state index contributed by atoms with van der Waals surface area (Å²) < 4.78 is 52.7. The van der Waals surface area contributed by atoms with Crippen molar-refractivity contribution >= 4 is 10.0 Å². The van der Waals surface area contributed by atoms with E-state index in [9.17, 15) is 17.2 Å². The van der Waals surface area contributed by atoms with Gasteiger partial charge in [-0.15, -0.1) is 0 Å². The topological polar surface area (TPSA) is 50.3 Å². The number of hydrogen-bond donors (Lipinski definition) is 0. The second kappa shape index (κ2) is 6.93. The molecule has 0 aliphatic carbocycles. The van der Waals surface area contributed by atoms with Crippen LogP contribution in [0.25, 0.3) is 0 Å². The van der Waals surface area contributed by atoms with Crippen molar-refractivity contribution in [1.29, 1.82) is 0 Å². The van der Waals surface area contributed by atoms with E-state index in [-0.39, 0.29) is 13.1 Å². The molecule has 0 bridgehead atoms. The molecule has 1 aromatic heterocycles. The lowest BCUT2D eigenvalue weighted by atomic mass is 10.3. The van der Waals surface area contributed by atoms with E-state index in [0.717, 1.165) is 22.1 Å². The largest absolute Gasteiger partial charge is 0.261 e.